The zero-order valence-electron chi connectivity index (χ0n) is 57.2. The number of unbranched alkanes of at least 4 members (excludes halogenated alkanes) is 31. The fourth-order valence-electron chi connectivity index (χ4n) is 12.1. The lowest BCUT2D eigenvalue weighted by Crippen LogP contribution is -2.68. The molecule has 0 aromatic carbocycles. The summed E-state index contributed by atoms with van der Waals surface area (Å²) in [5, 5.41) is 61.3. The van der Waals surface area contributed by atoms with Gasteiger partial charge >= 0.3 is 19.8 Å². The molecule has 21 heteroatoms. The second-order valence-electron chi connectivity index (χ2n) is 26.2. The molecule has 20 nitrogen and oxygen atoms in total. The number of phosphoric acid groups is 1. The van der Waals surface area contributed by atoms with Crippen molar-refractivity contribution in [3.63, 3.8) is 0 Å². The smallest absolute Gasteiger partial charge is 0.470 e. The summed E-state index contributed by atoms with van der Waals surface area (Å²) in [6.45, 7) is 8.23. The molecule has 0 saturated carbocycles. The van der Waals surface area contributed by atoms with E-state index in [0.29, 0.717) is 32.1 Å². The Balaban J connectivity index is 2.36. The molecule has 1 fully saturated rings. The van der Waals surface area contributed by atoms with Crippen molar-refractivity contribution in [1.82, 2.24) is 10.6 Å². The van der Waals surface area contributed by atoms with Gasteiger partial charge in [0.25, 0.3) is 0 Å². The van der Waals surface area contributed by atoms with E-state index in [1.165, 1.54) is 96.3 Å². The molecule has 9 N–H and O–H groups in total. The molecule has 4 unspecified atom stereocenters. The van der Waals surface area contributed by atoms with Crippen molar-refractivity contribution in [3.8, 4) is 0 Å². The van der Waals surface area contributed by atoms with Crippen LogP contribution in [-0.4, -0.2) is 134 Å². The highest BCUT2D eigenvalue weighted by Gasteiger charge is 2.54. The normalized spacial score (nSPS) is 21.4. The molecule has 1 saturated heterocycles. The number of rotatable bonds is 58. The molecule has 0 spiro atoms. The lowest BCUT2D eigenvalue weighted by Gasteiger charge is -2.47. The minimum Gasteiger partial charge on any atom is -0.507 e. The fourth-order valence-corrected chi connectivity index (χ4v) is 12.7. The minimum absolute atomic E-state index is 0.0330. The van der Waals surface area contributed by atoms with Crippen LogP contribution in [0.4, 0.5) is 0 Å². The van der Waals surface area contributed by atoms with E-state index in [4.69, 9.17) is 28.2 Å². The van der Waals surface area contributed by atoms with Crippen LogP contribution in [0.5, 0.6) is 0 Å². The zero-order chi connectivity index (χ0) is 67.0. The van der Waals surface area contributed by atoms with E-state index in [-0.39, 0.29) is 38.0 Å². The molecule has 2 aliphatic rings. The van der Waals surface area contributed by atoms with E-state index in [2.05, 4.69) is 50.5 Å². The Morgan fingerprint density at radius 1 is 0.626 bits per heavy atom. The van der Waals surface area contributed by atoms with Crippen molar-refractivity contribution in [2.75, 3.05) is 19.8 Å². The van der Waals surface area contributed by atoms with Crippen molar-refractivity contribution in [2.45, 2.75) is 372 Å². The molecule has 0 radical (unpaired) electrons. The first kappa shape index (κ1) is 84.1. The van der Waals surface area contributed by atoms with Crippen LogP contribution in [0.2, 0.25) is 0 Å². The zero-order valence-corrected chi connectivity index (χ0v) is 58.0. The molecular weight excluding hydrogens is 1190 g/mol. The number of aliphatic hydroxyl groups is 5. The van der Waals surface area contributed by atoms with Crippen molar-refractivity contribution in [3.05, 3.63) is 23.6 Å². The van der Waals surface area contributed by atoms with E-state index >= 15 is 0 Å². The first-order valence-electron chi connectivity index (χ1n) is 36.2. The Morgan fingerprint density at radius 3 is 1.65 bits per heavy atom. The van der Waals surface area contributed by atoms with E-state index in [9.17, 15) is 59.1 Å². The quantitative estimate of drug-likeness (QED) is 0.0118. The van der Waals surface area contributed by atoms with Crippen LogP contribution in [0, 0.1) is 5.92 Å². The maximum atomic E-state index is 14.2. The van der Waals surface area contributed by atoms with Crippen LogP contribution in [0.15, 0.2) is 23.6 Å². The van der Waals surface area contributed by atoms with Crippen LogP contribution in [0.25, 0.3) is 0 Å². The monoisotopic (exact) mass is 1320 g/mol. The summed E-state index contributed by atoms with van der Waals surface area (Å²) in [4.78, 5) is 74.9. The number of hydrogen-bond acceptors (Lipinski definition) is 16. The van der Waals surface area contributed by atoms with Gasteiger partial charge in [-0.15, -0.1) is 0 Å². The highest BCUT2D eigenvalue weighted by molar-refractivity contribution is 7.46. The van der Waals surface area contributed by atoms with Gasteiger partial charge in [0.15, 0.2) is 18.0 Å². The Kier molecular flexibility index (Phi) is 48.2. The first-order chi connectivity index (χ1) is 43.8. The third kappa shape index (κ3) is 39.6. The van der Waals surface area contributed by atoms with Crippen LogP contribution in [-0.2, 0) is 52.0 Å². The van der Waals surface area contributed by atoms with Gasteiger partial charge in [0.2, 0.25) is 18.1 Å². The molecule has 532 valence electrons. The second-order valence-corrected chi connectivity index (χ2v) is 27.4. The Hall–Kier alpha value is -3.01. The number of aliphatic hydroxyl groups excluding tert-OH is 5. The molecule has 10 atom stereocenters. The van der Waals surface area contributed by atoms with Crippen LogP contribution in [0.1, 0.15) is 317 Å². The number of amides is 2. The molecule has 0 bridgehead atoms. The molecule has 2 amide bonds. The molecule has 0 aliphatic carbocycles. The molecule has 2 heterocycles. The molecule has 0 aromatic rings. The predicted molar refractivity (Wildman–Crippen MR) is 355 cm³/mol. The van der Waals surface area contributed by atoms with Crippen molar-refractivity contribution < 1.29 is 87.3 Å². The third-order valence-corrected chi connectivity index (χ3v) is 18.1. The molecule has 2 rings (SSSR count). The average molecular weight is 1320 g/mol. The number of carbonyl (C=O) groups excluding carboxylic acids is 4. The Bertz CT molecular complexity index is 2010. The summed E-state index contributed by atoms with van der Waals surface area (Å²) >= 11 is 0. The number of hydrogen-bond donors (Lipinski definition) is 9. The third-order valence-electron chi connectivity index (χ3n) is 17.6. The topological polar surface area (TPSA) is 306 Å². The Morgan fingerprint density at radius 2 is 1.12 bits per heavy atom. The fraction of sp³-hybridized carbons (Fsp3) is 0.886. The summed E-state index contributed by atoms with van der Waals surface area (Å²) in [6, 6.07) is -1.53. The first-order valence-corrected chi connectivity index (χ1v) is 37.7. The lowest BCUT2D eigenvalue weighted by atomic mass is 9.84. The van der Waals surface area contributed by atoms with E-state index in [1.54, 1.807) is 0 Å². The van der Waals surface area contributed by atoms with Gasteiger partial charge in [0, 0.05) is 19.3 Å². The number of allylic oxidation sites excluding steroid dienone is 2. The number of nitrogens with one attached hydrogen (secondary N) is 2. The molecule has 0 aromatic heterocycles. The summed E-state index contributed by atoms with van der Waals surface area (Å²) < 4.78 is 47.3. The van der Waals surface area contributed by atoms with Gasteiger partial charge in [0.1, 0.15) is 29.7 Å². The predicted octanol–water partition coefficient (Wildman–Crippen LogP) is 14.3. The van der Waals surface area contributed by atoms with E-state index in [0.717, 1.165) is 122 Å². The average Bonchev–Trinajstić information content (AvgIpc) is 0.846. The summed E-state index contributed by atoms with van der Waals surface area (Å²) in [5.41, 5.74) is -2.57. The van der Waals surface area contributed by atoms with Crippen LogP contribution >= 0.6 is 7.82 Å². The highest BCUT2D eigenvalue weighted by atomic mass is 31.2. The second kappa shape index (κ2) is 52.2. The number of esters is 2. The van der Waals surface area contributed by atoms with E-state index < -0.39 is 118 Å². The molecule has 91 heavy (non-hydrogen) atoms. The number of carbonyl (C=O) groups is 4. The van der Waals surface area contributed by atoms with Crippen LogP contribution < -0.4 is 10.6 Å². The highest BCUT2D eigenvalue weighted by Crippen LogP contribution is 2.43. The van der Waals surface area contributed by atoms with Crippen molar-refractivity contribution >= 4 is 31.6 Å². The van der Waals surface area contributed by atoms with Crippen LogP contribution in [0.3, 0.4) is 0 Å². The van der Waals surface area contributed by atoms with Gasteiger partial charge in [-0.25, -0.2) is 4.57 Å². The maximum Gasteiger partial charge on any atom is 0.470 e. The van der Waals surface area contributed by atoms with Crippen molar-refractivity contribution in [1.29, 1.82) is 0 Å². The Labute approximate surface area is 548 Å². The van der Waals surface area contributed by atoms with Gasteiger partial charge in [-0.05, 0) is 50.9 Å². The molecule has 2 aliphatic heterocycles. The van der Waals surface area contributed by atoms with Gasteiger partial charge in [-0.3, -0.25) is 23.7 Å². The lowest BCUT2D eigenvalue weighted by molar-refractivity contribution is -0.272. The summed E-state index contributed by atoms with van der Waals surface area (Å²) in [6.07, 6.45) is 32.9. The number of ether oxygens (including phenoxy) is 5. The number of phosphoric ester groups is 1. The van der Waals surface area contributed by atoms with Gasteiger partial charge in [-0.1, -0.05) is 252 Å². The van der Waals surface area contributed by atoms with Crippen molar-refractivity contribution in [2.24, 2.45) is 5.92 Å². The van der Waals surface area contributed by atoms with E-state index in [1.807, 2.05) is 6.92 Å². The summed E-state index contributed by atoms with van der Waals surface area (Å²) in [7, 11) is -5.39. The van der Waals surface area contributed by atoms with Gasteiger partial charge < -0.3 is 69.6 Å². The van der Waals surface area contributed by atoms with Gasteiger partial charge in [-0.2, -0.15) is 0 Å². The largest absolute Gasteiger partial charge is 0.507 e. The minimum atomic E-state index is -5.39. The standard InChI is InChI=1S/C70H129N2O18P/c1-6-10-14-18-22-26-27-31-35-39-43-47-62(78)86-57(46-42-38-34-30-25-21-17-13-9-4)50-61(77)71-64-65(80)66(90-91(82,83)84)59(52-73)88-69(64)85-53-58-51-70(54-74,89-63(79)48-55(5)44-40-36-32-28-23-19-15-11-7-2)67(68(81)87-58)72-60(76)49-56(75)45-41-37-33-29-24-20-16-12-8-3/h21,25,55-59,66-69,73-75,80-81H,6-20,22-24,26-54H2,1-5H3,(H,71,77)(H,72,76)(H2,82,83,84)/b25-21+/t55-,56-,57-,58?,59?,66-,67?,68+,69-,70?/m1/s1. The summed E-state index contributed by atoms with van der Waals surface area (Å²) in [5.74, 6) is -3.68. The maximum absolute atomic E-state index is 14.2. The SMILES string of the molecule is CCCC/C=C/CCCCC[C@H](CC(=O)NC1=C(O)[C@H](OP(=O)(O)O)C(CO)O[C@H]1OCC1CC(CO)(OC(=O)C[C@H](C)CCCCCCCCCCC)C(NC(=O)C[C@H](O)CCCCCCCCCCC)[C@@H](O)O1)OC(=O)CCCCCCCCCCCCC. The van der Waals surface area contributed by atoms with Gasteiger partial charge in [0.05, 0.1) is 44.9 Å². The molecular formula is C70H129N2O18P.